The van der Waals surface area contributed by atoms with E-state index in [0.29, 0.717) is 17.2 Å². The molecule has 0 unspecified atom stereocenters. The van der Waals surface area contributed by atoms with E-state index in [-0.39, 0.29) is 0 Å². The molecule has 0 spiro atoms. The van der Waals surface area contributed by atoms with Crippen LogP contribution in [-0.2, 0) is 0 Å². The van der Waals surface area contributed by atoms with Gasteiger partial charge in [0.2, 0.25) is 0 Å². The lowest BCUT2D eigenvalue weighted by molar-refractivity contribution is 0.402. The molecule has 1 aromatic rings. The maximum atomic E-state index is 8.32. The Balaban J connectivity index is 3.31. The van der Waals surface area contributed by atoms with Crippen molar-refractivity contribution in [1.82, 2.24) is 0 Å². The Morgan fingerprint density at radius 1 is 1.29 bits per heavy atom. The number of hydrogen-bond donors (Lipinski definition) is 0. The van der Waals surface area contributed by atoms with E-state index >= 15 is 0 Å². The Morgan fingerprint density at radius 3 is 2.43 bits per heavy atom. The minimum atomic E-state index is 0.398. The molecule has 0 N–H and O–H groups in total. The van der Waals surface area contributed by atoms with Gasteiger partial charge in [0.1, 0.15) is 11.5 Å². The zero-order valence-corrected chi connectivity index (χ0v) is 9.28. The Labute approximate surface area is 89.4 Å². The second-order valence-corrected chi connectivity index (χ2v) is 3.20. The van der Waals surface area contributed by atoms with E-state index in [0.717, 1.165) is 4.47 Å². The number of hydrogen-bond acceptors (Lipinski definition) is 3. The standard InChI is InChI=1S/C8H8BrN3O2/c1-13-7-4-6(11-12-10)8(14-2)3-5(7)9/h3-4H,1-2H3. The number of rotatable bonds is 3. The van der Waals surface area contributed by atoms with Gasteiger partial charge in [0.25, 0.3) is 0 Å². The summed E-state index contributed by atoms with van der Waals surface area (Å²) in [6.07, 6.45) is 0. The monoisotopic (exact) mass is 257 g/mol. The molecule has 0 aliphatic carbocycles. The molecule has 0 aliphatic heterocycles. The minimum Gasteiger partial charge on any atom is -0.496 e. The van der Waals surface area contributed by atoms with Gasteiger partial charge < -0.3 is 9.47 Å². The molecule has 0 aliphatic rings. The second-order valence-electron chi connectivity index (χ2n) is 2.35. The fourth-order valence-electron chi connectivity index (χ4n) is 0.971. The van der Waals surface area contributed by atoms with Crippen molar-refractivity contribution in [3.05, 3.63) is 27.0 Å². The topological polar surface area (TPSA) is 67.2 Å². The van der Waals surface area contributed by atoms with Crippen molar-refractivity contribution in [3.63, 3.8) is 0 Å². The van der Waals surface area contributed by atoms with Gasteiger partial charge in [-0.3, -0.25) is 0 Å². The summed E-state index contributed by atoms with van der Waals surface area (Å²) in [6.45, 7) is 0. The predicted octanol–water partition coefficient (Wildman–Crippen LogP) is 3.41. The summed E-state index contributed by atoms with van der Waals surface area (Å²) in [5.41, 5.74) is 8.72. The van der Waals surface area contributed by atoms with E-state index in [2.05, 4.69) is 26.0 Å². The average Bonchev–Trinajstić information content (AvgIpc) is 2.20. The third-order valence-corrected chi connectivity index (χ3v) is 2.23. The predicted molar refractivity (Wildman–Crippen MR) is 56.1 cm³/mol. The van der Waals surface area contributed by atoms with E-state index in [4.69, 9.17) is 15.0 Å². The Morgan fingerprint density at radius 2 is 1.93 bits per heavy atom. The number of ether oxygens (including phenoxy) is 2. The van der Waals surface area contributed by atoms with Crippen LogP contribution in [0.5, 0.6) is 11.5 Å². The van der Waals surface area contributed by atoms with E-state index in [1.807, 2.05) is 0 Å². The Bertz CT molecular complexity index is 388. The van der Waals surface area contributed by atoms with Crippen molar-refractivity contribution >= 4 is 21.6 Å². The zero-order valence-electron chi connectivity index (χ0n) is 7.69. The molecule has 5 nitrogen and oxygen atoms in total. The third kappa shape index (κ3) is 2.10. The summed E-state index contributed by atoms with van der Waals surface area (Å²) in [7, 11) is 3.04. The van der Waals surface area contributed by atoms with E-state index in [9.17, 15) is 0 Å². The summed E-state index contributed by atoms with van der Waals surface area (Å²) in [5.74, 6) is 1.09. The van der Waals surface area contributed by atoms with E-state index < -0.39 is 0 Å². The van der Waals surface area contributed by atoms with Gasteiger partial charge in [-0.25, -0.2) is 0 Å². The maximum Gasteiger partial charge on any atom is 0.133 e. The molecule has 0 saturated heterocycles. The van der Waals surface area contributed by atoms with Gasteiger partial charge in [0.15, 0.2) is 0 Å². The van der Waals surface area contributed by atoms with Gasteiger partial charge in [0.05, 0.1) is 24.4 Å². The van der Waals surface area contributed by atoms with Crippen molar-refractivity contribution in [2.45, 2.75) is 0 Å². The molecule has 0 radical (unpaired) electrons. The number of azide groups is 1. The lowest BCUT2D eigenvalue weighted by Gasteiger charge is -2.08. The molecule has 0 bridgehead atoms. The first-order chi connectivity index (χ1) is 6.72. The molecule has 0 amide bonds. The lowest BCUT2D eigenvalue weighted by atomic mass is 10.3. The van der Waals surface area contributed by atoms with Crippen LogP contribution in [0.2, 0.25) is 0 Å². The molecule has 1 aromatic carbocycles. The average molecular weight is 258 g/mol. The summed E-state index contributed by atoms with van der Waals surface area (Å²) in [6, 6.07) is 3.28. The third-order valence-electron chi connectivity index (χ3n) is 1.61. The van der Waals surface area contributed by atoms with Crippen molar-refractivity contribution in [3.8, 4) is 11.5 Å². The smallest absolute Gasteiger partial charge is 0.133 e. The molecular weight excluding hydrogens is 250 g/mol. The maximum absolute atomic E-state index is 8.32. The number of nitrogens with zero attached hydrogens (tertiary/aromatic N) is 3. The van der Waals surface area contributed by atoms with Gasteiger partial charge >= 0.3 is 0 Å². The molecule has 74 valence electrons. The van der Waals surface area contributed by atoms with Crippen LogP contribution in [0.25, 0.3) is 10.4 Å². The molecule has 0 fully saturated rings. The highest BCUT2D eigenvalue weighted by Crippen LogP contribution is 2.37. The molecule has 0 heterocycles. The lowest BCUT2D eigenvalue weighted by Crippen LogP contribution is -1.87. The van der Waals surface area contributed by atoms with Crippen LogP contribution in [-0.4, -0.2) is 14.2 Å². The van der Waals surface area contributed by atoms with E-state index in [1.165, 1.54) is 14.2 Å². The van der Waals surface area contributed by atoms with Crippen molar-refractivity contribution in [2.24, 2.45) is 5.11 Å². The van der Waals surface area contributed by atoms with Gasteiger partial charge in [-0.2, -0.15) is 0 Å². The van der Waals surface area contributed by atoms with Crippen LogP contribution >= 0.6 is 15.9 Å². The van der Waals surface area contributed by atoms with Gasteiger partial charge in [-0.05, 0) is 33.6 Å². The summed E-state index contributed by atoms with van der Waals surface area (Å²) in [4.78, 5) is 2.69. The fraction of sp³-hybridized carbons (Fsp3) is 0.250. The molecule has 1 rings (SSSR count). The highest BCUT2D eigenvalue weighted by molar-refractivity contribution is 9.10. The van der Waals surface area contributed by atoms with Crippen LogP contribution in [0, 0.1) is 0 Å². The molecule has 14 heavy (non-hydrogen) atoms. The van der Waals surface area contributed by atoms with E-state index in [1.54, 1.807) is 12.1 Å². The number of halogens is 1. The SMILES string of the molecule is COc1cc(N=[N+]=[N-])c(OC)cc1Br. The van der Waals surface area contributed by atoms with Crippen LogP contribution < -0.4 is 9.47 Å². The number of methoxy groups -OCH3 is 2. The van der Waals surface area contributed by atoms with Gasteiger partial charge in [0, 0.05) is 4.91 Å². The molecule has 0 saturated carbocycles. The normalized spacial score (nSPS) is 9.07. The van der Waals surface area contributed by atoms with Crippen molar-refractivity contribution in [2.75, 3.05) is 14.2 Å². The summed E-state index contributed by atoms with van der Waals surface area (Å²) >= 11 is 3.29. The number of benzene rings is 1. The first-order valence-corrected chi connectivity index (χ1v) is 4.49. The van der Waals surface area contributed by atoms with Gasteiger partial charge in [-0.1, -0.05) is 5.11 Å². The molecule has 0 aromatic heterocycles. The first-order valence-electron chi connectivity index (χ1n) is 3.69. The fourth-order valence-corrected chi connectivity index (χ4v) is 1.45. The second kappa shape index (κ2) is 4.74. The highest BCUT2D eigenvalue weighted by atomic mass is 79.9. The van der Waals surface area contributed by atoms with Crippen molar-refractivity contribution < 1.29 is 9.47 Å². The summed E-state index contributed by atoms with van der Waals surface area (Å²) < 4.78 is 10.8. The summed E-state index contributed by atoms with van der Waals surface area (Å²) in [5, 5.41) is 3.48. The minimum absolute atomic E-state index is 0.398. The largest absolute Gasteiger partial charge is 0.496 e. The van der Waals surface area contributed by atoms with Crippen LogP contribution in [0.15, 0.2) is 21.7 Å². The molecule has 6 heteroatoms. The van der Waals surface area contributed by atoms with Crippen LogP contribution in [0.1, 0.15) is 0 Å². The zero-order chi connectivity index (χ0) is 10.6. The highest BCUT2D eigenvalue weighted by Gasteiger charge is 2.07. The van der Waals surface area contributed by atoms with Crippen molar-refractivity contribution in [1.29, 1.82) is 0 Å². The van der Waals surface area contributed by atoms with Gasteiger partial charge in [-0.15, -0.1) is 0 Å². The Kier molecular flexibility index (Phi) is 3.62. The quantitative estimate of drug-likeness (QED) is 0.473. The molecular formula is C8H8BrN3O2. The first kappa shape index (κ1) is 10.7. The van der Waals surface area contributed by atoms with Crippen LogP contribution in [0.3, 0.4) is 0 Å². The van der Waals surface area contributed by atoms with Crippen LogP contribution in [0.4, 0.5) is 5.69 Å². The Hall–Kier alpha value is -1.39. The molecule has 0 atom stereocenters.